The van der Waals surface area contributed by atoms with Crippen molar-refractivity contribution in [2.75, 3.05) is 26.2 Å². The summed E-state index contributed by atoms with van der Waals surface area (Å²) in [5, 5.41) is 0. The van der Waals surface area contributed by atoms with Crippen LogP contribution < -0.4 is 0 Å². The summed E-state index contributed by atoms with van der Waals surface area (Å²) in [6.07, 6.45) is 11.8. The Morgan fingerprint density at radius 3 is 2.38 bits per heavy atom. The number of nitrogens with zero attached hydrogens (tertiary/aromatic N) is 2. The van der Waals surface area contributed by atoms with Crippen LogP contribution in [-0.2, 0) is 9.53 Å². The predicted octanol–water partition coefficient (Wildman–Crippen LogP) is 4.08. The van der Waals surface area contributed by atoms with Gasteiger partial charge < -0.3 is 9.64 Å². The van der Waals surface area contributed by atoms with Crippen molar-refractivity contribution in [2.45, 2.75) is 96.8 Å². The van der Waals surface area contributed by atoms with Gasteiger partial charge in [-0.2, -0.15) is 0 Å². The van der Waals surface area contributed by atoms with Crippen molar-refractivity contribution in [3.63, 3.8) is 0 Å². The minimum atomic E-state index is 0.302. The number of ether oxygens (including phenoxy) is 1. The second-order valence-electron chi connectivity index (χ2n) is 9.16. The molecular weight excluding hydrogens is 324 g/mol. The van der Waals surface area contributed by atoms with Crippen LogP contribution in [0.25, 0.3) is 0 Å². The third-order valence-electron chi connectivity index (χ3n) is 6.79. The van der Waals surface area contributed by atoms with Gasteiger partial charge in [0.15, 0.2) is 0 Å². The van der Waals surface area contributed by atoms with Crippen molar-refractivity contribution in [3.8, 4) is 0 Å². The molecule has 1 aliphatic carbocycles. The zero-order valence-electron chi connectivity index (χ0n) is 17.3. The maximum Gasteiger partial charge on any atom is 0.225 e. The quantitative estimate of drug-likeness (QED) is 0.712. The molecule has 1 saturated carbocycles. The SMILES string of the molecule is CCCCC1CCC(C(=O)N2CCCC2CN2CC(C)OC(C)C2)CC1. The number of amides is 1. The maximum atomic E-state index is 13.2. The van der Waals surface area contributed by atoms with Crippen molar-refractivity contribution in [2.24, 2.45) is 11.8 Å². The topological polar surface area (TPSA) is 32.8 Å². The van der Waals surface area contributed by atoms with Crippen LogP contribution in [0.1, 0.15) is 78.6 Å². The van der Waals surface area contributed by atoms with Crippen molar-refractivity contribution in [3.05, 3.63) is 0 Å². The van der Waals surface area contributed by atoms with Crippen LogP contribution in [0.5, 0.6) is 0 Å². The van der Waals surface area contributed by atoms with E-state index in [1.807, 2.05) is 0 Å². The first kappa shape index (κ1) is 20.1. The number of rotatable bonds is 6. The molecule has 26 heavy (non-hydrogen) atoms. The van der Waals surface area contributed by atoms with Crippen LogP contribution in [0.15, 0.2) is 0 Å². The zero-order valence-corrected chi connectivity index (χ0v) is 17.3. The first-order valence-electron chi connectivity index (χ1n) is 11.2. The lowest BCUT2D eigenvalue weighted by Crippen LogP contribution is -2.51. The van der Waals surface area contributed by atoms with Gasteiger partial charge in [-0.15, -0.1) is 0 Å². The molecule has 0 radical (unpaired) electrons. The third kappa shape index (κ3) is 5.22. The lowest BCUT2D eigenvalue weighted by molar-refractivity contribution is -0.138. The number of carbonyl (C=O) groups is 1. The average molecular weight is 365 g/mol. The van der Waals surface area contributed by atoms with Crippen LogP contribution in [0.2, 0.25) is 0 Å². The average Bonchev–Trinajstić information content (AvgIpc) is 3.07. The molecule has 3 fully saturated rings. The summed E-state index contributed by atoms with van der Waals surface area (Å²) in [5.41, 5.74) is 0. The Morgan fingerprint density at radius 1 is 1.04 bits per heavy atom. The van der Waals surface area contributed by atoms with E-state index >= 15 is 0 Å². The summed E-state index contributed by atoms with van der Waals surface area (Å²) in [7, 11) is 0. The van der Waals surface area contributed by atoms with Crippen LogP contribution in [0, 0.1) is 11.8 Å². The summed E-state index contributed by atoms with van der Waals surface area (Å²) in [5.74, 6) is 1.65. The van der Waals surface area contributed by atoms with E-state index in [4.69, 9.17) is 4.74 Å². The van der Waals surface area contributed by atoms with Crippen molar-refractivity contribution < 1.29 is 9.53 Å². The van der Waals surface area contributed by atoms with E-state index in [-0.39, 0.29) is 0 Å². The Kier molecular flexibility index (Phi) is 7.39. The van der Waals surface area contributed by atoms with E-state index in [1.54, 1.807) is 0 Å². The van der Waals surface area contributed by atoms with E-state index in [0.29, 0.717) is 30.1 Å². The Labute approximate surface area is 160 Å². The molecule has 4 heteroatoms. The highest BCUT2D eigenvalue weighted by Gasteiger charge is 2.36. The zero-order chi connectivity index (χ0) is 18.5. The smallest absolute Gasteiger partial charge is 0.225 e. The van der Waals surface area contributed by atoms with Crippen molar-refractivity contribution >= 4 is 5.91 Å². The highest BCUT2D eigenvalue weighted by atomic mass is 16.5. The molecule has 3 atom stereocenters. The summed E-state index contributed by atoms with van der Waals surface area (Å²) in [6, 6.07) is 0.429. The summed E-state index contributed by atoms with van der Waals surface area (Å²) < 4.78 is 5.87. The number of unbranched alkanes of at least 4 members (excludes halogenated alkanes) is 1. The van der Waals surface area contributed by atoms with Gasteiger partial charge in [-0.3, -0.25) is 9.69 Å². The van der Waals surface area contributed by atoms with Gasteiger partial charge in [0.1, 0.15) is 0 Å². The number of hydrogen-bond donors (Lipinski definition) is 0. The number of hydrogen-bond acceptors (Lipinski definition) is 3. The van der Waals surface area contributed by atoms with E-state index in [0.717, 1.165) is 44.9 Å². The largest absolute Gasteiger partial charge is 0.373 e. The normalized spacial score (nSPS) is 36.4. The molecule has 0 spiro atoms. The fourth-order valence-corrected chi connectivity index (χ4v) is 5.47. The summed E-state index contributed by atoms with van der Waals surface area (Å²) in [6.45, 7) is 10.6. The minimum absolute atomic E-state index is 0.302. The lowest BCUT2D eigenvalue weighted by atomic mass is 9.79. The molecule has 0 aromatic carbocycles. The molecule has 2 aliphatic heterocycles. The van der Waals surface area contributed by atoms with E-state index in [1.165, 1.54) is 44.9 Å². The van der Waals surface area contributed by atoms with E-state index < -0.39 is 0 Å². The Bertz CT molecular complexity index is 437. The monoisotopic (exact) mass is 364 g/mol. The van der Waals surface area contributed by atoms with Crippen LogP contribution in [-0.4, -0.2) is 60.1 Å². The molecule has 3 aliphatic rings. The highest BCUT2D eigenvalue weighted by molar-refractivity contribution is 5.79. The molecule has 2 heterocycles. The number of carbonyl (C=O) groups excluding carboxylic acids is 1. The van der Waals surface area contributed by atoms with E-state index in [9.17, 15) is 4.79 Å². The first-order valence-corrected chi connectivity index (χ1v) is 11.2. The number of morpholine rings is 1. The molecule has 0 aromatic rings. The van der Waals surface area contributed by atoms with Gasteiger partial charge in [-0.25, -0.2) is 0 Å². The lowest BCUT2D eigenvalue weighted by Gasteiger charge is -2.39. The first-order chi connectivity index (χ1) is 12.6. The van der Waals surface area contributed by atoms with Crippen LogP contribution >= 0.6 is 0 Å². The molecule has 150 valence electrons. The van der Waals surface area contributed by atoms with Crippen LogP contribution in [0.4, 0.5) is 0 Å². The molecular formula is C22H40N2O2. The Hall–Kier alpha value is -0.610. The third-order valence-corrected chi connectivity index (χ3v) is 6.79. The van der Waals surface area contributed by atoms with Gasteiger partial charge in [0.05, 0.1) is 12.2 Å². The molecule has 2 saturated heterocycles. The van der Waals surface area contributed by atoms with Gasteiger partial charge in [-0.05, 0) is 58.3 Å². The molecule has 1 amide bonds. The number of likely N-dealkylation sites (tertiary alicyclic amines) is 1. The second-order valence-corrected chi connectivity index (χ2v) is 9.16. The maximum absolute atomic E-state index is 13.2. The van der Waals surface area contributed by atoms with Crippen molar-refractivity contribution in [1.29, 1.82) is 0 Å². The summed E-state index contributed by atoms with van der Waals surface area (Å²) >= 11 is 0. The molecule has 0 bridgehead atoms. The van der Waals surface area contributed by atoms with Crippen molar-refractivity contribution in [1.82, 2.24) is 9.80 Å². The van der Waals surface area contributed by atoms with Gasteiger partial charge in [0.25, 0.3) is 0 Å². The van der Waals surface area contributed by atoms with Crippen LogP contribution in [0.3, 0.4) is 0 Å². The fourth-order valence-electron chi connectivity index (χ4n) is 5.47. The Balaban J connectivity index is 1.49. The van der Waals surface area contributed by atoms with Gasteiger partial charge in [-0.1, -0.05) is 26.2 Å². The molecule has 3 unspecified atom stereocenters. The summed E-state index contributed by atoms with van der Waals surface area (Å²) in [4.78, 5) is 18.0. The molecule has 0 N–H and O–H groups in total. The standard InChI is InChI=1S/C22H40N2O2/c1-4-5-7-19-9-11-20(12-10-19)22(25)24-13-6-8-21(24)16-23-14-17(2)26-18(3)15-23/h17-21H,4-16H2,1-3H3. The van der Waals surface area contributed by atoms with E-state index in [2.05, 4.69) is 30.6 Å². The minimum Gasteiger partial charge on any atom is -0.373 e. The van der Waals surface area contributed by atoms with Gasteiger partial charge >= 0.3 is 0 Å². The predicted molar refractivity (Wildman–Crippen MR) is 106 cm³/mol. The molecule has 3 rings (SSSR count). The Morgan fingerprint density at radius 2 is 1.73 bits per heavy atom. The second kappa shape index (κ2) is 9.54. The molecule has 0 aromatic heterocycles. The highest BCUT2D eigenvalue weighted by Crippen LogP contribution is 2.34. The van der Waals surface area contributed by atoms with Gasteiger partial charge in [0, 0.05) is 38.1 Å². The fraction of sp³-hybridized carbons (Fsp3) is 0.955. The van der Waals surface area contributed by atoms with Gasteiger partial charge in [0.2, 0.25) is 5.91 Å². The molecule has 4 nitrogen and oxygen atoms in total.